The molecule has 0 spiro atoms. The highest BCUT2D eigenvalue weighted by Crippen LogP contribution is 2.35. The lowest BCUT2D eigenvalue weighted by atomic mass is 10.1. The van der Waals surface area contributed by atoms with Crippen molar-refractivity contribution in [1.29, 1.82) is 5.26 Å². The quantitative estimate of drug-likeness (QED) is 0.333. The first-order chi connectivity index (χ1) is 12.3. The van der Waals surface area contributed by atoms with E-state index in [1.54, 1.807) is 13.0 Å². The van der Waals surface area contributed by atoms with Gasteiger partial charge in [0.25, 0.3) is 5.91 Å². The maximum absolute atomic E-state index is 12.3. The van der Waals surface area contributed by atoms with Crippen LogP contribution in [-0.4, -0.2) is 15.9 Å². The van der Waals surface area contributed by atoms with Crippen molar-refractivity contribution in [3.05, 3.63) is 73.8 Å². The zero-order chi connectivity index (χ0) is 19.3. The zero-order valence-electron chi connectivity index (χ0n) is 13.6. The number of hydrogen-bond acceptors (Lipinski definition) is 5. The number of nitriles is 1. The number of phenols is 1. The maximum atomic E-state index is 12.3. The molecule has 2 aromatic carbocycles. The Hall–Kier alpha value is -3.18. The van der Waals surface area contributed by atoms with E-state index in [0.717, 1.165) is 11.6 Å². The van der Waals surface area contributed by atoms with E-state index < -0.39 is 22.3 Å². The summed E-state index contributed by atoms with van der Waals surface area (Å²) in [5.41, 5.74) is 0.377. The third-order valence-electron chi connectivity index (χ3n) is 3.59. The summed E-state index contributed by atoms with van der Waals surface area (Å²) in [5, 5.41) is 32.6. The molecule has 0 unspecified atom stereocenters. The van der Waals surface area contributed by atoms with Crippen molar-refractivity contribution in [2.75, 3.05) is 0 Å². The molecule has 0 aliphatic carbocycles. The molecule has 1 atom stereocenters. The summed E-state index contributed by atoms with van der Waals surface area (Å²) in [6.45, 7) is 1.78. The van der Waals surface area contributed by atoms with Crippen LogP contribution in [-0.2, 0) is 4.79 Å². The predicted octanol–water partition coefficient (Wildman–Crippen LogP) is 3.85. The summed E-state index contributed by atoms with van der Waals surface area (Å²) in [6.07, 6.45) is 1.23. The topological polar surface area (TPSA) is 116 Å². The largest absolute Gasteiger partial charge is 0.501 e. The van der Waals surface area contributed by atoms with Crippen LogP contribution in [0.4, 0.5) is 5.69 Å². The molecule has 7 nitrogen and oxygen atoms in total. The van der Waals surface area contributed by atoms with Crippen LogP contribution in [0.2, 0.25) is 0 Å². The van der Waals surface area contributed by atoms with Gasteiger partial charge in [-0.1, -0.05) is 30.3 Å². The van der Waals surface area contributed by atoms with Crippen LogP contribution in [0.3, 0.4) is 0 Å². The van der Waals surface area contributed by atoms with Crippen LogP contribution >= 0.6 is 15.9 Å². The van der Waals surface area contributed by atoms with Crippen molar-refractivity contribution < 1.29 is 14.8 Å². The maximum Gasteiger partial charge on any atom is 0.312 e. The third kappa shape index (κ3) is 4.46. The standard InChI is InChI=1S/C18H14BrN3O4/c1-11(13-5-3-2-4-6-13)21-18(24)14(10-20)7-12-8-15(19)17(23)16(9-12)22(25)26/h2-9,11,23H,1H3,(H,21,24)/b14-7-/t11-/m1/s1. The second-order valence-corrected chi connectivity index (χ2v) is 6.26. The van der Waals surface area contributed by atoms with Crippen molar-refractivity contribution in [2.45, 2.75) is 13.0 Å². The van der Waals surface area contributed by atoms with Crippen molar-refractivity contribution in [1.82, 2.24) is 5.32 Å². The average Bonchev–Trinajstić information content (AvgIpc) is 2.62. The Morgan fingerprint density at radius 2 is 2.04 bits per heavy atom. The number of nitrogens with zero attached hydrogens (tertiary/aromatic N) is 2. The van der Waals surface area contributed by atoms with Gasteiger partial charge < -0.3 is 10.4 Å². The van der Waals surface area contributed by atoms with E-state index in [4.69, 9.17) is 0 Å². The van der Waals surface area contributed by atoms with E-state index in [2.05, 4.69) is 21.2 Å². The molecule has 0 aromatic heterocycles. The first kappa shape index (κ1) is 19.1. The molecule has 0 aliphatic rings. The van der Waals surface area contributed by atoms with Gasteiger partial charge in [-0.3, -0.25) is 14.9 Å². The Morgan fingerprint density at radius 3 is 2.62 bits per heavy atom. The molecule has 1 amide bonds. The van der Waals surface area contributed by atoms with Crippen LogP contribution in [0.25, 0.3) is 6.08 Å². The van der Waals surface area contributed by atoms with Gasteiger partial charge in [0.15, 0.2) is 0 Å². The number of nitro benzene ring substituents is 1. The number of carbonyl (C=O) groups is 1. The lowest BCUT2D eigenvalue weighted by molar-refractivity contribution is -0.386. The molecular formula is C18H14BrN3O4. The Morgan fingerprint density at radius 1 is 1.38 bits per heavy atom. The number of phenolic OH excluding ortho intramolecular Hbond substituents is 1. The van der Waals surface area contributed by atoms with Crippen LogP contribution in [0.1, 0.15) is 24.1 Å². The molecule has 0 saturated heterocycles. The summed E-state index contributed by atoms with van der Waals surface area (Å²) in [7, 11) is 0. The predicted molar refractivity (Wildman–Crippen MR) is 99.1 cm³/mol. The summed E-state index contributed by atoms with van der Waals surface area (Å²) >= 11 is 3.02. The van der Waals surface area contributed by atoms with Gasteiger partial charge in [-0.2, -0.15) is 5.26 Å². The normalized spacial score (nSPS) is 12.1. The molecule has 0 saturated carbocycles. The van der Waals surface area contributed by atoms with Crippen LogP contribution < -0.4 is 5.32 Å². The first-order valence-electron chi connectivity index (χ1n) is 7.48. The number of nitro groups is 1. The first-order valence-corrected chi connectivity index (χ1v) is 8.27. The van der Waals surface area contributed by atoms with Gasteiger partial charge in [0.05, 0.1) is 15.4 Å². The van der Waals surface area contributed by atoms with Gasteiger partial charge in [0, 0.05) is 6.07 Å². The molecule has 0 radical (unpaired) electrons. The highest BCUT2D eigenvalue weighted by molar-refractivity contribution is 9.10. The number of rotatable bonds is 5. The fourth-order valence-corrected chi connectivity index (χ4v) is 2.71. The number of carbonyl (C=O) groups excluding carboxylic acids is 1. The van der Waals surface area contributed by atoms with E-state index in [9.17, 15) is 25.3 Å². The monoisotopic (exact) mass is 415 g/mol. The van der Waals surface area contributed by atoms with Gasteiger partial charge in [-0.15, -0.1) is 0 Å². The van der Waals surface area contributed by atoms with Crippen molar-refractivity contribution in [3.8, 4) is 11.8 Å². The number of halogens is 1. The summed E-state index contributed by atoms with van der Waals surface area (Å²) in [5.74, 6) is -1.12. The van der Waals surface area contributed by atoms with Crippen molar-refractivity contribution in [3.63, 3.8) is 0 Å². The van der Waals surface area contributed by atoms with Crippen molar-refractivity contribution >= 4 is 33.6 Å². The Labute approximate surface area is 157 Å². The number of aromatic hydroxyl groups is 1. The molecule has 132 valence electrons. The fraction of sp³-hybridized carbons (Fsp3) is 0.111. The molecule has 0 bridgehead atoms. The average molecular weight is 416 g/mol. The smallest absolute Gasteiger partial charge is 0.312 e. The molecule has 8 heteroatoms. The number of benzene rings is 2. The van der Waals surface area contributed by atoms with Gasteiger partial charge in [-0.25, -0.2) is 0 Å². The van der Waals surface area contributed by atoms with Crippen LogP contribution in [0.5, 0.6) is 5.75 Å². The highest BCUT2D eigenvalue weighted by atomic mass is 79.9. The SMILES string of the molecule is C[C@@H](NC(=O)/C(C#N)=C\c1cc(Br)c(O)c([N+](=O)[O-])c1)c1ccccc1. The van der Waals surface area contributed by atoms with E-state index in [1.165, 1.54) is 12.1 Å². The van der Waals surface area contributed by atoms with E-state index in [0.29, 0.717) is 0 Å². The minimum Gasteiger partial charge on any atom is -0.501 e. The molecule has 2 N–H and O–H groups in total. The second kappa shape index (κ2) is 8.27. The van der Waals surface area contributed by atoms with Gasteiger partial charge in [0.1, 0.15) is 11.6 Å². The third-order valence-corrected chi connectivity index (χ3v) is 4.19. The lowest BCUT2D eigenvalue weighted by Gasteiger charge is -2.13. The lowest BCUT2D eigenvalue weighted by Crippen LogP contribution is -2.27. The molecular weight excluding hydrogens is 402 g/mol. The van der Waals surface area contributed by atoms with Gasteiger partial charge in [-0.05, 0) is 46.1 Å². The van der Waals surface area contributed by atoms with Crippen LogP contribution in [0, 0.1) is 21.4 Å². The minimum absolute atomic E-state index is 0.0910. The fourth-order valence-electron chi connectivity index (χ4n) is 2.24. The zero-order valence-corrected chi connectivity index (χ0v) is 15.2. The van der Waals surface area contributed by atoms with Gasteiger partial charge >= 0.3 is 5.69 Å². The number of hydrogen-bond donors (Lipinski definition) is 2. The highest BCUT2D eigenvalue weighted by Gasteiger charge is 2.19. The van der Waals surface area contributed by atoms with Crippen LogP contribution in [0.15, 0.2) is 52.5 Å². The molecule has 0 aliphatic heterocycles. The Balaban J connectivity index is 2.29. The molecule has 0 fully saturated rings. The number of nitrogens with one attached hydrogen (secondary N) is 1. The van der Waals surface area contributed by atoms with E-state index >= 15 is 0 Å². The minimum atomic E-state index is -0.749. The summed E-state index contributed by atoms with van der Waals surface area (Å²) < 4.78 is 0.0910. The molecule has 26 heavy (non-hydrogen) atoms. The Kier molecular flexibility index (Phi) is 6.09. The van der Waals surface area contributed by atoms with Gasteiger partial charge in [0.2, 0.25) is 5.75 Å². The molecule has 2 aromatic rings. The molecule has 0 heterocycles. The molecule has 2 rings (SSSR count). The Bertz CT molecular complexity index is 920. The van der Waals surface area contributed by atoms with Crippen molar-refractivity contribution in [2.24, 2.45) is 0 Å². The summed E-state index contributed by atoms with van der Waals surface area (Å²) in [4.78, 5) is 22.6. The number of amides is 1. The second-order valence-electron chi connectivity index (χ2n) is 5.40. The van der Waals surface area contributed by atoms with E-state index in [1.807, 2.05) is 30.3 Å². The summed E-state index contributed by atoms with van der Waals surface area (Å²) in [6, 6.07) is 13.2. The van der Waals surface area contributed by atoms with E-state index in [-0.39, 0.29) is 21.7 Å².